The molecule has 0 amide bonds. The number of ether oxygens (including phenoxy) is 5. The van der Waals surface area contributed by atoms with Crippen LogP contribution in [0.2, 0.25) is 5.02 Å². The Morgan fingerprint density at radius 2 is 1.71 bits per heavy atom. The summed E-state index contributed by atoms with van der Waals surface area (Å²) in [6, 6.07) is 17.6. The van der Waals surface area contributed by atoms with Crippen LogP contribution < -0.4 is 23.7 Å². The van der Waals surface area contributed by atoms with Gasteiger partial charge in [0.1, 0.15) is 11.5 Å². The molecule has 2 aliphatic rings. The van der Waals surface area contributed by atoms with Gasteiger partial charge in [-0.25, -0.2) is 5.01 Å². The molecule has 0 bridgehead atoms. The summed E-state index contributed by atoms with van der Waals surface area (Å²) in [7, 11) is 4.79. The van der Waals surface area contributed by atoms with Crippen LogP contribution in [0.5, 0.6) is 28.7 Å². The molecule has 182 valence electrons. The van der Waals surface area contributed by atoms with E-state index in [4.69, 9.17) is 40.4 Å². The lowest BCUT2D eigenvalue weighted by molar-refractivity contribution is -0.0205. The largest absolute Gasteiger partial charge is 0.493 e. The first kappa shape index (κ1) is 23.2. The number of para-hydroxylation sites is 1. The van der Waals surface area contributed by atoms with E-state index in [2.05, 4.69) is 6.07 Å². The number of halogens is 1. The summed E-state index contributed by atoms with van der Waals surface area (Å²) in [5, 5.41) is 7.58. The van der Waals surface area contributed by atoms with E-state index < -0.39 is 6.23 Å². The van der Waals surface area contributed by atoms with E-state index in [1.54, 1.807) is 21.3 Å². The van der Waals surface area contributed by atoms with Crippen molar-refractivity contribution >= 4 is 17.3 Å². The fourth-order valence-electron chi connectivity index (χ4n) is 4.69. The van der Waals surface area contributed by atoms with Crippen molar-refractivity contribution in [3.63, 3.8) is 0 Å². The molecule has 2 atom stereocenters. The molecule has 0 fully saturated rings. The van der Waals surface area contributed by atoms with Gasteiger partial charge in [-0.1, -0.05) is 29.8 Å². The number of hydrogen-bond donors (Lipinski definition) is 0. The van der Waals surface area contributed by atoms with Gasteiger partial charge in [0.15, 0.2) is 11.5 Å². The van der Waals surface area contributed by atoms with E-state index in [9.17, 15) is 0 Å². The van der Waals surface area contributed by atoms with Crippen molar-refractivity contribution in [1.82, 2.24) is 5.01 Å². The van der Waals surface area contributed by atoms with Gasteiger partial charge >= 0.3 is 0 Å². The lowest BCUT2D eigenvalue weighted by atomic mass is 9.95. The van der Waals surface area contributed by atoms with Crippen LogP contribution in [-0.2, 0) is 0 Å². The number of fused-ring (bicyclic) bond motifs is 3. The number of nitrogens with zero attached hydrogens (tertiary/aromatic N) is 2. The summed E-state index contributed by atoms with van der Waals surface area (Å²) in [6.07, 6.45) is 0.178. The van der Waals surface area contributed by atoms with E-state index in [1.807, 2.05) is 60.5 Å². The first-order chi connectivity index (χ1) is 17.1. The molecule has 2 aliphatic heterocycles. The summed E-state index contributed by atoms with van der Waals surface area (Å²) >= 11 is 6.49. The van der Waals surface area contributed by atoms with Crippen LogP contribution in [0.4, 0.5) is 0 Å². The summed E-state index contributed by atoms with van der Waals surface area (Å²) in [6.45, 7) is 2.49. The molecule has 0 N–H and O–H groups in total. The summed E-state index contributed by atoms with van der Waals surface area (Å²) in [4.78, 5) is 0. The molecule has 0 radical (unpaired) electrons. The smallest absolute Gasteiger partial charge is 0.217 e. The molecule has 35 heavy (non-hydrogen) atoms. The van der Waals surface area contributed by atoms with Gasteiger partial charge < -0.3 is 23.7 Å². The van der Waals surface area contributed by atoms with Crippen molar-refractivity contribution in [3.8, 4) is 28.7 Å². The molecule has 3 aromatic rings. The van der Waals surface area contributed by atoms with Crippen LogP contribution in [-0.4, -0.2) is 38.7 Å². The Kier molecular flexibility index (Phi) is 6.34. The van der Waals surface area contributed by atoms with Gasteiger partial charge in [-0.3, -0.25) is 0 Å². The zero-order valence-electron chi connectivity index (χ0n) is 20.1. The molecule has 7 nitrogen and oxygen atoms in total. The molecule has 2 heterocycles. The number of methoxy groups -OCH3 is 3. The maximum Gasteiger partial charge on any atom is 0.217 e. The van der Waals surface area contributed by atoms with Gasteiger partial charge in [-0.05, 0) is 48.9 Å². The predicted octanol–water partition coefficient (Wildman–Crippen LogP) is 6.01. The van der Waals surface area contributed by atoms with Crippen LogP contribution in [0, 0.1) is 0 Å². The number of hydrazone groups is 1. The molecule has 0 aliphatic carbocycles. The molecule has 0 saturated carbocycles. The minimum Gasteiger partial charge on any atom is -0.493 e. The molecule has 0 aromatic heterocycles. The van der Waals surface area contributed by atoms with Gasteiger partial charge in [0.2, 0.25) is 12.0 Å². The number of benzene rings is 3. The van der Waals surface area contributed by atoms with E-state index >= 15 is 0 Å². The molecule has 0 saturated heterocycles. The van der Waals surface area contributed by atoms with E-state index in [1.165, 1.54) is 0 Å². The first-order valence-electron chi connectivity index (χ1n) is 11.4. The zero-order chi connectivity index (χ0) is 24.5. The van der Waals surface area contributed by atoms with Gasteiger partial charge in [-0.15, -0.1) is 0 Å². The topological polar surface area (TPSA) is 61.8 Å². The molecule has 5 rings (SSSR count). The normalized spacial score (nSPS) is 18.2. The molecule has 3 aromatic carbocycles. The number of rotatable bonds is 7. The average Bonchev–Trinajstić information content (AvgIpc) is 3.34. The Morgan fingerprint density at radius 3 is 2.43 bits per heavy atom. The highest BCUT2D eigenvalue weighted by Crippen LogP contribution is 2.51. The summed E-state index contributed by atoms with van der Waals surface area (Å²) in [5.41, 5.74) is 3.74. The second kappa shape index (κ2) is 9.58. The van der Waals surface area contributed by atoms with Crippen molar-refractivity contribution in [2.75, 3.05) is 27.9 Å². The lowest BCUT2D eigenvalue weighted by Gasteiger charge is -2.38. The molecule has 0 spiro atoms. The maximum atomic E-state index is 6.50. The van der Waals surface area contributed by atoms with Crippen molar-refractivity contribution in [2.45, 2.75) is 25.6 Å². The fraction of sp³-hybridized carbons (Fsp3) is 0.296. The third-order valence-corrected chi connectivity index (χ3v) is 6.56. The third kappa shape index (κ3) is 4.00. The Labute approximate surface area is 209 Å². The monoisotopic (exact) mass is 494 g/mol. The van der Waals surface area contributed by atoms with Gasteiger partial charge in [0.05, 0.1) is 50.3 Å². The Morgan fingerprint density at radius 1 is 0.943 bits per heavy atom. The summed E-state index contributed by atoms with van der Waals surface area (Å²) in [5.74, 6) is 3.11. The molecular formula is C27H27ClN2O5. The van der Waals surface area contributed by atoms with Crippen molar-refractivity contribution in [1.29, 1.82) is 0 Å². The Hall–Kier alpha value is -3.58. The SMILES string of the molecule is CCOc1ccc(C2=NN3C(C2)c2ccccc2OC3c2ccc(OC)c(OC)c2OC)cc1Cl. The van der Waals surface area contributed by atoms with Gasteiger partial charge in [0, 0.05) is 12.0 Å². The minimum atomic E-state index is -0.527. The summed E-state index contributed by atoms with van der Waals surface area (Å²) < 4.78 is 29.0. The van der Waals surface area contributed by atoms with Crippen LogP contribution in [0.25, 0.3) is 0 Å². The zero-order valence-corrected chi connectivity index (χ0v) is 20.8. The van der Waals surface area contributed by atoms with Gasteiger partial charge in [-0.2, -0.15) is 5.10 Å². The minimum absolute atomic E-state index is 0.0110. The van der Waals surface area contributed by atoms with Crippen molar-refractivity contribution < 1.29 is 23.7 Å². The molecule has 8 heteroatoms. The van der Waals surface area contributed by atoms with E-state index in [0.29, 0.717) is 41.0 Å². The van der Waals surface area contributed by atoms with Crippen LogP contribution in [0.3, 0.4) is 0 Å². The fourth-order valence-corrected chi connectivity index (χ4v) is 4.92. The highest BCUT2D eigenvalue weighted by atomic mass is 35.5. The average molecular weight is 495 g/mol. The second-order valence-corrected chi connectivity index (χ2v) is 8.56. The van der Waals surface area contributed by atoms with Crippen LogP contribution in [0.1, 0.15) is 42.3 Å². The maximum absolute atomic E-state index is 6.50. The van der Waals surface area contributed by atoms with Crippen LogP contribution >= 0.6 is 11.6 Å². The van der Waals surface area contributed by atoms with E-state index in [0.717, 1.165) is 28.2 Å². The standard InChI is InChI=1S/C27H27ClN2O5/c1-5-34-23-12-10-16(14-19(23)28)20-15-21-17-8-6-7-9-22(17)35-27(30(21)29-20)18-11-13-24(31-2)26(33-4)25(18)32-3/h6-14,21,27H,5,15H2,1-4H3. The Balaban J connectivity index is 1.60. The Bertz CT molecular complexity index is 1280. The lowest BCUT2D eigenvalue weighted by Crippen LogP contribution is -2.34. The molecule has 2 unspecified atom stereocenters. The quantitative estimate of drug-likeness (QED) is 0.401. The van der Waals surface area contributed by atoms with Crippen molar-refractivity contribution in [3.05, 3.63) is 76.3 Å². The third-order valence-electron chi connectivity index (χ3n) is 6.26. The predicted molar refractivity (Wildman–Crippen MR) is 134 cm³/mol. The van der Waals surface area contributed by atoms with Gasteiger partial charge in [0.25, 0.3) is 0 Å². The first-order valence-corrected chi connectivity index (χ1v) is 11.8. The highest BCUT2D eigenvalue weighted by molar-refractivity contribution is 6.32. The van der Waals surface area contributed by atoms with E-state index in [-0.39, 0.29) is 6.04 Å². The number of hydrogen-bond acceptors (Lipinski definition) is 7. The highest BCUT2D eigenvalue weighted by Gasteiger charge is 2.42. The second-order valence-electron chi connectivity index (χ2n) is 8.16. The molecular weight excluding hydrogens is 468 g/mol. The van der Waals surface area contributed by atoms with Crippen LogP contribution in [0.15, 0.2) is 59.7 Å². The van der Waals surface area contributed by atoms with Crippen molar-refractivity contribution in [2.24, 2.45) is 5.10 Å².